The molecule has 0 radical (unpaired) electrons. The quantitative estimate of drug-likeness (QED) is 0.186. The van der Waals surface area contributed by atoms with Crippen molar-refractivity contribution in [1.82, 2.24) is 0 Å². The maximum Gasteiger partial charge on any atom is 1.00 e. The maximum absolute atomic E-state index is 8.56. The minimum atomic E-state index is -2.86. The van der Waals surface area contributed by atoms with Crippen LogP contribution in [0.15, 0.2) is 0 Å². The zero-order chi connectivity index (χ0) is 3.58. The fourth-order valence-corrected chi connectivity index (χ4v) is 0. The summed E-state index contributed by atoms with van der Waals surface area (Å²) >= 11 is 0. The average Bonchev–Trinajstić information content (AvgIpc) is 0.811. The maximum atomic E-state index is 8.56. The molecule has 0 aliphatic heterocycles. The number of hydrogen-bond donors (Lipinski definition) is 1. The van der Waals surface area contributed by atoms with Crippen molar-refractivity contribution in [1.29, 1.82) is 0 Å². The predicted octanol–water partition coefficient (Wildman–Crippen LogP) is -3.12. The first-order valence-corrected chi connectivity index (χ1v) is 1.55. The monoisotopic (exact) mass is 179 g/mol. The van der Waals surface area contributed by atoms with Gasteiger partial charge in [-0.1, -0.05) is 0 Å². The van der Waals surface area contributed by atoms with Crippen molar-refractivity contribution in [3.05, 3.63) is 0 Å². The molecule has 0 heterocycles. The molecule has 0 aliphatic carbocycles. The van der Waals surface area contributed by atoms with Gasteiger partial charge in [-0.05, 0) is 0 Å². The average molecular weight is 180 g/mol. The van der Waals surface area contributed by atoms with Crippen LogP contribution in [0.5, 0.6) is 0 Å². The SMILES string of the molecule is O=[S-](=O)O.[H-].[Li+].[Zr]. The molecule has 6 heavy (non-hydrogen) atoms. The van der Waals surface area contributed by atoms with Gasteiger partial charge < -0.3 is 14.4 Å². The molecule has 0 unspecified atom stereocenters. The third-order valence-electron chi connectivity index (χ3n) is 0. The van der Waals surface area contributed by atoms with Gasteiger partial charge in [-0.15, -0.1) is 0 Å². The Kier molecular flexibility index (Phi) is 25.1. The normalized spacial score (nSPS) is 5.67. The minimum Gasteiger partial charge on any atom is -1.00 e. The zero-order valence-electron chi connectivity index (χ0n) is 4.17. The van der Waals surface area contributed by atoms with Crippen LogP contribution < -0.4 is 18.9 Å². The van der Waals surface area contributed by atoms with Gasteiger partial charge in [0.15, 0.2) is 0 Å². The fourth-order valence-electron chi connectivity index (χ4n) is 0. The van der Waals surface area contributed by atoms with E-state index in [0.717, 1.165) is 0 Å². The zero-order valence-corrected chi connectivity index (χ0v) is 6.45. The number of hydrogen-bond acceptors (Lipinski definition) is 3. The topological polar surface area (TPSA) is 54.4 Å². The molecule has 6 heteroatoms. The van der Waals surface area contributed by atoms with E-state index in [9.17, 15) is 0 Å². The van der Waals surface area contributed by atoms with Gasteiger partial charge >= 0.3 is 18.9 Å². The number of rotatable bonds is 0. The van der Waals surface area contributed by atoms with E-state index in [2.05, 4.69) is 0 Å². The van der Waals surface area contributed by atoms with Crippen molar-refractivity contribution >= 4 is 11.0 Å². The van der Waals surface area contributed by atoms with Crippen LogP contribution in [0.4, 0.5) is 0 Å². The standard InChI is InChI=1S/Li.HO3S.Zr.H/c;1-4(2)3;;/h;(H,1,2,3);;/q+1;-1;;-1. The predicted molar refractivity (Wildman–Crippen MR) is 12.5 cm³/mol. The molecule has 3 nitrogen and oxygen atoms in total. The second-order valence-corrected chi connectivity index (χ2v) is 0.651. The minimum absolute atomic E-state index is 0. The second kappa shape index (κ2) is 9.63. The van der Waals surface area contributed by atoms with E-state index in [1.807, 2.05) is 0 Å². The Morgan fingerprint density at radius 2 is 1.50 bits per heavy atom. The molecule has 0 saturated heterocycles. The Morgan fingerprint density at radius 1 is 1.50 bits per heavy atom. The molecule has 0 aliphatic rings. The molecule has 0 spiro atoms. The van der Waals surface area contributed by atoms with Gasteiger partial charge in [0.2, 0.25) is 0 Å². The Morgan fingerprint density at radius 3 is 1.50 bits per heavy atom. The molecule has 0 aromatic heterocycles. The Hall–Kier alpha value is 1.39. The van der Waals surface area contributed by atoms with Gasteiger partial charge in [0.1, 0.15) is 0 Å². The second-order valence-electron chi connectivity index (χ2n) is 0.217. The van der Waals surface area contributed by atoms with Gasteiger partial charge in [0, 0.05) is 37.2 Å². The van der Waals surface area contributed by atoms with Gasteiger partial charge in [0.05, 0.1) is 0 Å². The first kappa shape index (κ1) is 15.7. The van der Waals surface area contributed by atoms with Crippen molar-refractivity contribution in [2.75, 3.05) is 0 Å². The van der Waals surface area contributed by atoms with Crippen molar-refractivity contribution in [2.45, 2.75) is 0 Å². The van der Waals surface area contributed by atoms with E-state index in [4.69, 9.17) is 13.0 Å². The molecule has 0 atom stereocenters. The summed E-state index contributed by atoms with van der Waals surface area (Å²) in [5.74, 6) is 0. The molecule has 0 aromatic carbocycles. The van der Waals surface area contributed by atoms with Crippen molar-refractivity contribution in [2.24, 2.45) is 0 Å². The van der Waals surface area contributed by atoms with Crippen molar-refractivity contribution < 1.29 is 59.5 Å². The van der Waals surface area contributed by atoms with Gasteiger partial charge in [-0.25, -0.2) is 0 Å². The molecule has 0 aromatic rings. The summed E-state index contributed by atoms with van der Waals surface area (Å²) < 4.78 is 24.1. The van der Waals surface area contributed by atoms with Gasteiger partial charge in [0.25, 0.3) is 0 Å². The largest absolute Gasteiger partial charge is 1.00 e. The Labute approximate surface area is 70.1 Å². The summed E-state index contributed by atoms with van der Waals surface area (Å²) in [6.07, 6.45) is 0. The van der Waals surface area contributed by atoms with E-state index in [1.165, 1.54) is 0 Å². The summed E-state index contributed by atoms with van der Waals surface area (Å²) in [6.45, 7) is 0. The van der Waals surface area contributed by atoms with Crippen LogP contribution in [0.3, 0.4) is 0 Å². The smallest absolute Gasteiger partial charge is 1.00 e. The summed E-state index contributed by atoms with van der Waals surface area (Å²) in [5, 5.41) is 0. The van der Waals surface area contributed by atoms with E-state index in [1.54, 1.807) is 0 Å². The van der Waals surface area contributed by atoms with Crippen LogP contribution in [-0.2, 0) is 45.6 Å². The summed E-state index contributed by atoms with van der Waals surface area (Å²) in [4.78, 5) is 0. The van der Waals surface area contributed by atoms with Crippen LogP contribution in [0.1, 0.15) is 1.43 Å². The van der Waals surface area contributed by atoms with Crippen LogP contribution in [0.25, 0.3) is 0 Å². The fraction of sp³-hybridized carbons (Fsp3) is 0. The molecule has 0 bridgehead atoms. The van der Waals surface area contributed by atoms with Crippen LogP contribution in [-0.4, -0.2) is 4.55 Å². The van der Waals surface area contributed by atoms with E-state index >= 15 is 0 Å². The molecule has 1 N–H and O–H groups in total. The first-order chi connectivity index (χ1) is 1.73. The molecule has 0 fully saturated rings. The van der Waals surface area contributed by atoms with Crippen molar-refractivity contribution in [3.8, 4) is 0 Å². The third kappa shape index (κ3) is 53.7. The molecule has 32 valence electrons. The Bertz CT molecular complexity index is 63.3. The van der Waals surface area contributed by atoms with Crippen LogP contribution in [0.2, 0.25) is 0 Å². The molecule has 0 amide bonds. The molecule has 0 rings (SSSR count). The summed E-state index contributed by atoms with van der Waals surface area (Å²) in [5.41, 5.74) is 0. The van der Waals surface area contributed by atoms with Crippen LogP contribution in [0, 0.1) is 0 Å². The van der Waals surface area contributed by atoms with E-state index < -0.39 is 11.0 Å². The Balaban J connectivity index is -0.0000000150. The molecule has 0 saturated carbocycles. The van der Waals surface area contributed by atoms with Crippen molar-refractivity contribution in [3.63, 3.8) is 0 Å². The van der Waals surface area contributed by atoms with Crippen LogP contribution >= 0.6 is 0 Å². The summed E-state index contributed by atoms with van der Waals surface area (Å²) in [6, 6.07) is 0. The van der Waals surface area contributed by atoms with Gasteiger partial charge in [-0.2, -0.15) is 0 Å². The third-order valence-corrected chi connectivity index (χ3v) is 0. The van der Waals surface area contributed by atoms with Gasteiger partial charge in [-0.3, -0.25) is 0 Å². The molecular weight excluding hydrogens is 178 g/mol. The first-order valence-electron chi connectivity index (χ1n) is 0.516. The van der Waals surface area contributed by atoms with E-state index in [0.29, 0.717) is 0 Å². The van der Waals surface area contributed by atoms with E-state index in [-0.39, 0.29) is 46.5 Å². The summed E-state index contributed by atoms with van der Waals surface area (Å²) in [7, 11) is -2.86. The molecular formula is H2LiO3SZr-.